The number of carbonyl (C=O) groups is 1. The van der Waals surface area contributed by atoms with Crippen LogP contribution in [0.4, 0.5) is 0 Å². The maximum absolute atomic E-state index is 12.8. The lowest BCUT2D eigenvalue weighted by atomic mass is 9.96. The van der Waals surface area contributed by atoms with Crippen molar-refractivity contribution < 1.29 is 17.9 Å². The second-order valence-corrected chi connectivity index (χ2v) is 9.43. The Morgan fingerprint density at radius 1 is 1.04 bits per heavy atom. The van der Waals surface area contributed by atoms with Crippen LogP contribution in [0.1, 0.15) is 32.3 Å². The van der Waals surface area contributed by atoms with Gasteiger partial charge in [0.15, 0.2) is 0 Å². The molecule has 2 atom stereocenters. The van der Waals surface area contributed by atoms with Gasteiger partial charge in [0.05, 0.1) is 17.1 Å². The van der Waals surface area contributed by atoms with E-state index in [2.05, 4.69) is 0 Å². The number of hydrogen-bond acceptors (Lipinski definition) is 4. The van der Waals surface area contributed by atoms with Crippen molar-refractivity contribution in [1.29, 1.82) is 0 Å². The van der Waals surface area contributed by atoms with Crippen LogP contribution in [0.5, 0.6) is 0 Å². The highest BCUT2D eigenvalue weighted by molar-refractivity contribution is 7.89. The van der Waals surface area contributed by atoms with E-state index >= 15 is 0 Å². The number of benzene rings is 1. The highest BCUT2D eigenvalue weighted by atomic mass is 32.2. The van der Waals surface area contributed by atoms with Crippen LogP contribution in [0.2, 0.25) is 0 Å². The average Bonchev–Trinajstić information content (AvgIpc) is 2.61. The largest absolute Gasteiger partial charge is 0.372 e. The Balaban J connectivity index is 1.62. The lowest BCUT2D eigenvalue weighted by Gasteiger charge is -2.39. The lowest BCUT2D eigenvalue weighted by Crippen LogP contribution is -2.51. The molecule has 0 bridgehead atoms. The van der Waals surface area contributed by atoms with Crippen molar-refractivity contribution in [2.75, 3.05) is 26.2 Å². The first-order chi connectivity index (χ1) is 12.3. The topological polar surface area (TPSA) is 66.9 Å². The van der Waals surface area contributed by atoms with E-state index in [4.69, 9.17) is 4.74 Å². The number of amides is 1. The van der Waals surface area contributed by atoms with Gasteiger partial charge in [0, 0.05) is 32.1 Å². The Hall–Kier alpha value is -1.44. The van der Waals surface area contributed by atoms with Crippen LogP contribution in [0.15, 0.2) is 29.2 Å². The van der Waals surface area contributed by atoms with Gasteiger partial charge in [-0.1, -0.05) is 17.7 Å². The number of sulfonamides is 1. The van der Waals surface area contributed by atoms with Crippen molar-refractivity contribution in [3.63, 3.8) is 0 Å². The maximum Gasteiger partial charge on any atom is 0.243 e. The molecule has 6 nitrogen and oxygen atoms in total. The molecule has 26 heavy (non-hydrogen) atoms. The van der Waals surface area contributed by atoms with Gasteiger partial charge in [0.25, 0.3) is 0 Å². The molecular weight excluding hydrogens is 352 g/mol. The standard InChI is InChI=1S/C19H28N2O4S/c1-14-4-6-18(7-5-14)26(23,24)21-10-8-17(9-11-21)19(22)20-12-15(2)25-16(3)13-20/h4-7,15-17H,8-13H2,1-3H3/t15-,16-/m1/s1. The Bertz CT molecular complexity index is 729. The Morgan fingerprint density at radius 2 is 1.58 bits per heavy atom. The fourth-order valence-corrected chi connectivity index (χ4v) is 5.29. The molecule has 7 heteroatoms. The van der Waals surface area contributed by atoms with E-state index < -0.39 is 10.0 Å². The van der Waals surface area contributed by atoms with Gasteiger partial charge in [0.2, 0.25) is 15.9 Å². The molecule has 144 valence electrons. The van der Waals surface area contributed by atoms with Crippen molar-refractivity contribution in [3.8, 4) is 0 Å². The van der Waals surface area contributed by atoms with E-state index in [0.717, 1.165) is 5.56 Å². The third-order valence-electron chi connectivity index (χ3n) is 5.19. The minimum Gasteiger partial charge on any atom is -0.372 e. The van der Waals surface area contributed by atoms with Gasteiger partial charge in [0.1, 0.15) is 0 Å². The second-order valence-electron chi connectivity index (χ2n) is 7.49. The summed E-state index contributed by atoms with van der Waals surface area (Å²) in [6.45, 7) is 7.90. The lowest BCUT2D eigenvalue weighted by molar-refractivity contribution is -0.148. The third-order valence-corrected chi connectivity index (χ3v) is 7.11. The molecule has 3 rings (SSSR count). The van der Waals surface area contributed by atoms with E-state index in [1.54, 1.807) is 12.1 Å². The van der Waals surface area contributed by atoms with Crippen molar-refractivity contribution in [1.82, 2.24) is 9.21 Å². The van der Waals surface area contributed by atoms with Gasteiger partial charge in [-0.05, 0) is 45.7 Å². The van der Waals surface area contributed by atoms with Gasteiger partial charge < -0.3 is 9.64 Å². The molecule has 2 saturated heterocycles. The molecular formula is C19H28N2O4S. The molecule has 2 heterocycles. The van der Waals surface area contributed by atoms with Crippen molar-refractivity contribution in [3.05, 3.63) is 29.8 Å². The molecule has 0 radical (unpaired) electrons. The number of nitrogens with zero attached hydrogens (tertiary/aromatic N) is 2. The molecule has 0 saturated carbocycles. The monoisotopic (exact) mass is 380 g/mol. The molecule has 1 amide bonds. The summed E-state index contributed by atoms with van der Waals surface area (Å²) in [4.78, 5) is 15.0. The second kappa shape index (κ2) is 7.66. The first-order valence-electron chi connectivity index (χ1n) is 9.28. The van der Waals surface area contributed by atoms with Gasteiger partial charge >= 0.3 is 0 Å². The van der Waals surface area contributed by atoms with E-state index in [-0.39, 0.29) is 24.0 Å². The van der Waals surface area contributed by atoms with Gasteiger partial charge in [-0.2, -0.15) is 4.31 Å². The molecule has 2 aliphatic rings. The highest BCUT2D eigenvalue weighted by Gasteiger charge is 2.35. The van der Waals surface area contributed by atoms with Gasteiger partial charge in [-0.15, -0.1) is 0 Å². The summed E-state index contributed by atoms with van der Waals surface area (Å²) in [6.07, 6.45) is 1.24. The van der Waals surface area contributed by atoms with Crippen LogP contribution >= 0.6 is 0 Å². The van der Waals surface area contributed by atoms with E-state index in [9.17, 15) is 13.2 Å². The quantitative estimate of drug-likeness (QED) is 0.805. The van der Waals surface area contributed by atoms with Crippen LogP contribution in [0, 0.1) is 12.8 Å². The first kappa shape index (κ1) is 19.3. The van der Waals surface area contributed by atoms with E-state index in [1.807, 2.05) is 37.8 Å². The number of aryl methyl sites for hydroxylation is 1. The molecule has 2 fully saturated rings. The molecule has 0 unspecified atom stereocenters. The fourth-order valence-electron chi connectivity index (χ4n) is 3.82. The zero-order chi connectivity index (χ0) is 18.9. The van der Waals surface area contributed by atoms with Crippen LogP contribution in [0.25, 0.3) is 0 Å². The number of hydrogen-bond donors (Lipinski definition) is 0. The van der Waals surface area contributed by atoms with Crippen LogP contribution < -0.4 is 0 Å². The molecule has 2 aliphatic heterocycles. The maximum atomic E-state index is 12.8. The normalized spacial score (nSPS) is 26.0. The SMILES string of the molecule is Cc1ccc(S(=O)(=O)N2CCC(C(=O)N3C[C@@H](C)O[C@H](C)C3)CC2)cc1. The summed E-state index contributed by atoms with van der Waals surface area (Å²) in [7, 11) is -3.48. The molecule has 0 N–H and O–H groups in total. The number of morpholine rings is 1. The summed E-state index contributed by atoms with van der Waals surface area (Å²) in [6, 6.07) is 6.92. The van der Waals surface area contributed by atoms with Crippen molar-refractivity contribution in [2.45, 2.75) is 50.7 Å². The van der Waals surface area contributed by atoms with Crippen molar-refractivity contribution in [2.24, 2.45) is 5.92 Å². The Labute approximate surface area is 156 Å². The number of piperidine rings is 1. The Morgan fingerprint density at radius 3 is 2.12 bits per heavy atom. The average molecular weight is 381 g/mol. The number of ether oxygens (including phenoxy) is 1. The van der Waals surface area contributed by atoms with E-state index in [1.165, 1.54) is 4.31 Å². The zero-order valence-electron chi connectivity index (χ0n) is 15.7. The zero-order valence-corrected chi connectivity index (χ0v) is 16.5. The predicted octanol–water partition coefficient (Wildman–Crippen LogP) is 2.03. The molecule has 0 aliphatic carbocycles. The summed E-state index contributed by atoms with van der Waals surface area (Å²) in [5, 5.41) is 0. The summed E-state index contributed by atoms with van der Waals surface area (Å²) in [5.74, 6) is 0.0383. The van der Waals surface area contributed by atoms with Crippen molar-refractivity contribution >= 4 is 15.9 Å². The summed E-state index contributed by atoms with van der Waals surface area (Å²) in [5.41, 5.74) is 1.03. The summed E-state index contributed by atoms with van der Waals surface area (Å²) < 4.78 is 32.8. The number of carbonyl (C=O) groups excluding carboxylic acids is 1. The fraction of sp³-hybridized carbons (Fsp3) is 0.632. The van der Waals surface area contributed by atoms with E-state index in [0.29, 0.717) is 43.9 Å². The first-order valence-corrected chi connectivity index (χ1v) is 10.7. The van der Waals surface area contributed by atoms with Crippen LogP contribution in [0.3, 0.4) is 0 Å². The molecule has 1 aromatic carbocycles. The van der Waals surface area contributed by atoms with Crippen LogP contribution in [-0.4, -0.2) is 61.9 Å². The molecule has 1 aromatic rings. The van der Waals surface area contributed by atoms with Gasteiger partial charge in [-0.25, -0.2) is 8.42 Å². The number of rotatable bonds is 3. The third kappa shape index (κ3) is 4.10. The predicted molar refractivity (Wildman–Crippen MR) is 99.3 cm³/mol. The molecule has 0 aromatic heterocycles. The summed E-state index contributed by atoms with van der Waals surface area (Å²) >= 11 is 0. The minimum absolute atomic E-state index is 0.0460. The minimum atomic E-state index is -3.48. The van der Waals surface area contributed by atoms with Gasteiger partial charge in [-0.3, -0.25) is 4.79 Å². The van der Waals surface area contributed by atoms with Crippen LogP contribution in [-0.2, 0) is 19.6 Å². The highest BCUT2D eigenvalue weighted by Crippen LogP contribution is 2.26. The molecule has 0 spiro atoms. The smallest absolute Gasteiger partial charge is 0.243 e. The Kier molecular flexibility index (Phi) is 5.69.